The van der Waals surface area contributed by atoms with Crippen LogP contribution in [-0.2, 0) is 0 Å². The lowest BCUT2D eigenvalue weighted by atomic mass is 10.2. The van der Waals surface area contributed by atoms with Crippen molar-refractivity contribution in [2.45, 2.75) is 26.7 Å². The fraction of sp³-hybridized carbons (Fsp3) is 0.444. The monoisotopic (exact) mass is 135 g/mol. The van der Waals surface area contributed by atoms with Crippen LogP contribution in [0.25, 0.3) is 0 Å². The van der Waals surface area contributed by atoms with Gasteiger partial charge < -0.3 is 0 Å². The Kier molecular flexibility index (Phi) is 2.43. The van der Waals surface area contributed by atoms with Crippen LogP contribution in [0.3, 0.4) is 0 Å². The summed E-state index contributed by atoms with van der Waals surface area (Å²) >= 11 is 0. The van der Waals surface area contributed by atoms with Gasteiger partial charge in [0.25, 0.3) is 0 Å². The highest BCUT2D eigenvalue weighted by Crippen LogP contribution is 2.05. The summed E-state index contributed by atoms with van der Waals surface area (Å²) in [6, 6.07) is 0. The zero-order valence-corrected chi connectivity index (χ0v) is 6.59. The van der Waals surface area contributed by atoms with Crippen LogP contribution in [0.15, 0.2) is 28.9 Å². The summed E-state index contributed by atoms with van der Waals surface area (Å²) in [5.41, 5.74) is 2.33. The summed E-state index contributed by atoms with van der Waals surface area (Å²) in [6.07, 6.45) is 8.45. The third kappa shape index (κ3) is 1.83. The summed E-state index contributed by atoms with van der Waals surface area (Å²) in [4.78, 5) is 4.39. The summed E-state index contributed by atoms with van der Waals surface area (Å²) in [5, 5.41) is 0. The average Bonchev–Trinajstić information content (AvgIpc) is 2.13. The van der Waals surface area contributed by atoms with Gasteiger partial charge in [0.1, 0.15) is 0 Å². The summed E-state index contributed by atoms with van der Waals surface area (Å²) in [5.74, 6) is 0. The molecule has 0 atom stereocenters. The molecule has 1 aliphatic heterocycles. The molecule has 0 aliphatic carbocycles. The molecule has 0 spiro atoms. The fourth-order valence-electron chi connectivity index (χ4n) is 0.949. The van der Waals surface area contributed by atoms with Crippen molar-refractivity contribution in [2.24, 2.45) is 4.99 Å². The summed E-state index contributed by atoms with van der Waals surface area (Å²) < 4.78 is 0. The van der Waals surface area contributed by atoms with Gasteiger partial charge in [-0.25, -0.2) is 0 Å². The second-order valence-electron chi connectivity index (χ2n) is 2.44. The zero-order valence-electron chi connectivity index (χ0n) is 6.59. The normalized spacial score (nSPS) is 17.8. The van der Waals surface area contributed by atoms with Gasteiger partial charge in [-0.15, -0.1) is 0 Å². The quantitative estimate of drug-likeness (QED) is 0.524. The van der Waals surface area contributed by atoms with Gasteiger partial charge >= 0.3 is 0 Å². The zero-order chi connectivity index (χ0) is 7.40. The Morgan fingerprint density at radius 2 is 2.40 bits per heavy atom. The third-order valence-electron chi connectivity index (χ3n) is 1.54. The SMILES string of the molecule is CCC1=NC(C)=CCC=C1. The molecule has 0 saturated carbocycles. The third-order valence-corrected chi connectivity index (χ3v) is 1.54. The molecular formula is C9H13N. The Labute approximate surface area is 62.2 Å². The highest BCUT2D eigenvalue weighted by molar-refractivity contribution is 5.95. The van der Waals surface area contributed by atoms with Crippen molar-refractivity contribution >= 4 is 5.71 Å². The van der Waals surface area contributed by atoms with E-state index in [1.54, 1.807) is 0 Å². The first-order chi connectivity index (χ1) is 4.83. The first-order valence-electron chi connectivity index (χ1n) is 3.74. The van der Waals surface area contributed by atoms with E-state index in [0.717, 1.165) is 18.5 Å². The summed E-state index contributed by atoms with van der Waals surface area (Å²) in [7, 11) is 0. The molecule has 0 radical (unpaired) electrons. The van der Waals surface area contributed by atoms with Gasteiger partial charge in [0.2, 0.25) is 0 Å². The molecule has 10 heavy (non-hydrogen) atoms. The van der Waals surface area contributed by atoms with Crippen LogP contribution in [0, 0.1) is 0 Å². The van der Waals surface area contributed by atoms with Crippen LogP contribution >= 0.6 is 0 Å². The van der Waals surface area contributed by atoms with Gasteiger partial charge in [0, 0.05) is 11.4 Å². The second-order valence-corrected chi connectivity index (χ2v) is 2.44. The minimum absolute atomic E-state index is 1.03. The molecule has 1 heterocycles. The average molecular weight is 135 g/mol. The van der Waals surface area contributed by atoms with E-state index in [9.17, 15) is 0 Å². The number of hydrogen-bond acceptors (Lipinski definition) is 1. The number of nitrogens with zero attached hydrogens (tertiary/aromatic N) is 1. The van der Waals surface area contributed by atoms with E-state index in [1.165, 1.54) is 5.71 Å². The lowest BCUT2D eigenvalue weighted by molar-refractivity contribution is 1.21. The molecule has 1 aliphatic rings. The van der Waals surface area contributed by atoms with Crippen LogP contribution in [-0.4, -0.2) is 5.71 Å². The summed E-state index contributed by atoms with van der Waals surface area (Å²) in [6.45, 7) is 4.17. The van der Waals surface area contributed by atoms with Crippen molar-refractivity contribution in [2.75, 3.05) is 0 Å². The first-order valence-corrected chi connectivity index (χ1v) is 3.74. The molecule has 0 aromatic carbocycles. The van der Waals surface area contributed by atoms with E-state index in [-0.39, 0.29) is 0 Å². The van der Waals surface area contributed by atoms with E-state index in [1.807, 2.05) is 6.92 Å². The maximum atomic E-state index is 4.39. The molecule has 0 aromatic rings. The Balaban J connectivity index is 2.79. The maximum Gasteiger partial charge on any atom is 0.0400 e. The Morgan fingerprint density at radius 3 is 3.10 bits per heavy atom. The van der Waals surface area contributed by atoms with Crippen molar-refractivity contribution in [1.29, 1.82) is 0 Å². The molecule has 0 fully saturated rings. The topological polar surface area (TPSA) is 12.4 Å². The van der Waals surface area contributed by atoms with Gasteiger partial charge in [-0.3, -0.25) is 4.99 Å². The molecule has 1 rings (SSSR count). The van der Waals surface area contributed by atoms with Crippen LogP contribution in [0.1, 0.15) is 26.7 Å². The van der Waals surface area contributed by atoms with Crippen LogP contribution in [0.2, 0.25) is 0 Å². The van der Waals surface area contributed by atoms with E-state index < -0.39 is 0 Å². The van der Waals surface area contributed by atoms with Crippen molar-refractivity contribution in [1.82, 2.24) is 0 Å². The van der Waals surface area contributed by atoms with Gasteiger partial charge in [0.15, 0.2) is 0 Å². The number of allylic oxidation sites excluding steroid dienone is 4. The largest absolute Gasteiger partial charge is 0.259 e. The predicted octanol–water partition coefficient (Wildman–Crippen LogP) is 2.70. The van der Waals surface area contributed by atoms with Gasteiger partial charge in [-0.1, -0.05) is 19.1 Å². The molecule has 1 nitrogen and oxygen atoms in total. The molecule has 0 saturated heterocycles. The van der Waals surface area contributed by atoms with E-state index >= 15 is 0 Å². The second kappa shape index (κ2) is 3.35. The van der Waals surface area contributed by atoms with Crippen molar-refractivity contribution < 1.29 is 0 Å². The van der Waals surface area contributed by atoms with Crippen molar-refractivity contribution in [3.8, 4) is 0 Å². The minimum atomic E-state index is 1.03. The molecule has 0 unspecified atom stereocenters. The van der Waals surface area contributed by atoms with Gasteiger partial charge in [-0.2, -0.15) is 0 Å². The Morgan fingerprint density at radius 1 is 1.60 bits per heavy atom. The first kappa shape index (κ1) is 7.26. The number of hydrogen-bond donors (Lipinski definition) is 0. The van der Waals surface area contributed by atoms with E-state index in [0.29, 0.717) is 0 Å². The van der Waals surface area contributed by atoms with Crippen molar-refractivity contribution in [3.05, 3.63) is 23.9 Å². The Bertz CT molecular complexity index is 197. The van der Waals surface area contributed by atoms with E-state index in [2.05, 4.69) is 30.1 Å². The molecule has 1 heteroatoms. The minimum Gasteiger partial charge on any atom is -0.259 e. The molecule has 0 aromatic heterocycles. The van der Waals surface area contributed by atoms with Gasteiger partial charge in [0.05, 0.1) is 0 Å². The highest BCUT2D eigenvalue weighted by Gasteiger charge is 1.93. The number of rotatable bonds is 1. The van der Waals surface area contributed by atoms with Crippen LogP contribution < -0.4 is 0 Å². The smallest absolute Gasteiger partial charge is 0.0400 e. The molecule has 54 valence electrons. The number of aliphatic imine (C=N–C) groups is 1. The molecule has 0 N–H and O–H groups in total. The molecule has 0 amide bonds. The lowest BCUT2D eigenvalue weighted by Crippen LogP contribution is -1.88. The molecule has 0 bridgehead atoms. The van der Waals surface area contributed by atoms with Crippen molar-refractivity contribution in [3.63, 3.8) is 0 Å². The van der Waals surface area contributed by atoms with Gasteiger partial charge in [-0.05, 0) is 25.8 Å². The maximum absolute atomic E-state index is 4.39. The Hall–Kier alpha value is -0.850. The molecular weight excluding hydrogens is 122 g/mol. The van der Waals surface area contributed by atoms with E-state index in [4.69, 9.17) is 0 Å². The predicted molar refractivity (Wildman–Crippen MR) is 45.2 cm³/mol. The van der Waals surface area contributed by atoms with Crippen LogP contribution in [0.5, 0.6) is 0 Å². The fourth-order valence-corrected chi connectivity index (χ4v) is 0.949. The van der Waals surface area contributed by atoms with Crippen LogP contribution in [0.4, 0.5) is 0 Å². The lowest BCUT2D eigenvalue weighted by Gasteiger charge is -1.93. The highest BCUT2D eigenvalue weighted by atomic mass is 14.7. The standard InChI is InChI=1S/C9H13N/c1-3-9-7-5-4-6-8(2)10-9/h5-7H,3-4H2,1-2H3.